The Labute approximate surface area is 130 Å². The van der Waals surface area contributed by atoms with Crippen molar-refractivity contribution in [1.29, 1.82) is 0 Å². The van der Waals surface area contributed by atoms with Gasteiger partial charge in [0.25, 0.3) is 0 Å². The normalized spacial score (nSPS) is 15.0. The van der Waals surface area contributed by atoms with Crippen LogP contribution in [0.2, 0.25) is 0 Å². The van der Waals surface area contributed by atoms with Gasteiger partial charge in [0, 0.05) is 18.1 Å². The lowest BCUT2D eigenvalue weighted by Crippen LogP contribution is -2.44. The molecule has 1 rings (SSSR count). The van der Waals surface area contributed by atoms with Gasteiger partial charge in [-0.25, -0.2) is 0 Å². The fourth-order valence-electron chi connectivity index (χ4n) is 2.24. The van der Waals surface area contributed by atoms with E-state index in [-0.39, 0.29) is 5.54 Å². The van der Waals surface area contributed by atoms with Gasteiger partial charge >= 0.3 is 0 Å². The van der Waals surface area contributed by atoms with Crippen LogP contribution in [-0.4, -0.2) is 37.2 Å². The summed E-state index contributed by atoms with van der Waals surface area (Å²) >= 11 is 0. The van der Waals surface area contributed by atoms with Gasteiger partial charge in [0.2, 0.25) is 0 Å². The summed E-state index contributed by atoms with van der Waals surface area (Å²) in [6.07, 6.45) is 0. The Morgan fingerprint density at radius 1 is 1.14 bits per heavy atom. The van der Waals surface area contributed by atoms with Crippen LogP contribution in [0, 0.1) is 5.92 Å². The molecule has 0 fully saturated rings. The first-order chi connectivity index (χ1) is 9.73. The predicted octanol–water partition coefficient (Wildman–Crippen LogP) is 3.54. The highest BCUT2D eigenvalue weighted by atomic mass is 16.5. The van der Waals surface area contributed by atoms with Gasteiger partial charge in [0.1, 0.15) is 5.75 Å². The third-order valence-corrected chi connectivity index (χ3v) is 4.06. The van der Waals surface area contributed by atoms with E-state index in [1.54, 1.807) is 7.11 Å². The second-order valence-electron chi connectivity index (χ2n) is 7.11. The number of benzene rings is 1. The van der Waals surface area contributed by atoms with Crippen molar-refractivity contribution >= 4 is 0 Å². The summed E-state index contributed by atoms with van der Waals surface area (Å²) in [5, 5.41) is 3.59. The Hall–Kier alpha value is -1.06. The molecule has 3 heteroatoms. The Kier molecular flexibility index (Phi) is 6.69. The summed E-state index contributed by atoms with van der Waals surface area (Å²) < 4.78 is 5.20. The zero-order valence-electron chi connectivity index (χ0n) is 14.7. The van der Waals surface area contributed by atoms with Gasteiger partial charge in [-0.2, -0.15) is 0 Å². The van der Waals surface area contributed by atoms with Gasteiger partial charge in [-0.05, 0) is 64.9 Å². The molecule has 3 nitrogen and oxygen atoms in total. The molecule has 0 heterocycles. The maximum Gasteiger partial charge on any atom is 0.118 e. The average molecular weight is 292 g/mol. The monoisotopic (exact) mass is 292 g/mol. The Balaban J connectivity index is 2.50. The SMILES string of the molecule is COc1ccc(CN(C)C(C)C(C)CNC(C)(C)C)cc1. The minimum Gasteiger partial charge on any atom is -0.497 e. The summed E-state index contributed by atoms with van der Waals surface area (Å²) in [4.78, 5) is 2.41. The highest BCUT2D eigenvalue weighted by Crippen LogP contribution is 2.16. The maximum absolute atomic E-state index is 5.20. The van der Waals surface area contributed by atoms with E-state index in [1.807, 2.05) is 12.1 Å². The van der Waals surface area contributed by atoms with Crippen LogP contribution in [0.1, 0.15) is 40.2 Å². The van der Waals surface area contributed by atoms with Crippen LogP contribution in [0.15, 0.2) is 24.3 Å². The quantitative estimate of drug-likeness (QED) is 0.832. The predicted molar refractivity (Wildman–Crippen MR) is 90.8 cm³/mol. The summed E-state index contributed by atoms with van der Waals surface area (Å²) in [5.41, 5.74) is 1.50. The number of ether oxygens (including phenoxy) is 1. The number of hydrogen-bond donors (Lipinski definition) is 1. The number of nitrogens with one attached hydrogen (secondary N) is 1. The fourth-order valence-corrected chi connectivity index (χ4v) is 2.24. The first kappa shape index (κ1) is 18.0. The molecule has 1 aromatic rings. The lowest BCUT2D eigenvalue weighted by molar-refractivity contribution is 0.182. The van der Waals surface area contributed by atoms with Crippen molar-refractivity contribution in [3.8, 4) is 5.75 Å². The minimum atomic E-state index is 0.183. The molecule has 0 saturated carbocycles. The zero-order valence-corrected chi connectivity index (χ0v) is 14.7. The van der Waals surface area contributed by atoms with Crippen molar-refractivity contribution in [3.63, 3.8) is 0 Å². The van der Waals surface area contributed by atoms with Crippen molar-refractivity contribution < 1.29 is 4.74 Å². The third-order valence-electron chi connectivity index (χ3n) is 4.06. The Morgan fingerprint density at radius 2 is 1.71 bits per heavy atom. The van der Waals surface area contributed by atoms with Crippen molar-refractivity contribution in [2.75, 3.05) is 20.7 Å². The Bertz CT molecular complexity index is 408. The molecule has 0 radical (unpaired) electrons. The topological polar surface area (TPSA) is 24.5 Å². The van der Waals surface area contributed by atoms with E-state index in [0.717, 1.165) is 18.8 Å². The number of hydrogen-bond acceptors (Lipinski definition) is 3. The molecule has 1 aromatic carbocycles. The lowest BCUT2D eigenvalue weighted by atomic mass is 9.99. The smallest absolute Gasteiger partial charge is 0.118 e. The maximum atomic E-state index is 5.20. The van der Waals surface area contributed by atoms with Crippen LogP contribution in [0.4, 0.5) is 0 Å². The molecule has 0 bridgehead atoms. The molecule has 0 aromatic heterocycles. The molecule has 0 aliphatic heterocycles. The van der Waals surface area contributed by atoms with Gasteiger partial charge in [0.05, 0.1) is 7.11 Å². The van der Waals surface area contributed by atoms with Crippen molar-refractivity contribution in [3.05, 3.63) is 29.8 Å². The molecule has 0 saturated heterocycles. The molecule has 2 unspecified atom stereocenters. The molecular formula is C18H32N2O. The molecule has 0 amide bonds. The molecule has 1 N–H and O–H groups in total. The van der Waals surface area contributed by atoms with E-state index in [4.69, 9.17) is 4.74 Å². The van der Waals surface area contributed by atoms with Crippen LogP contribution in [-0.2, 0) is 6.54 Å². The van der Waals surface area contributed by atoms with Gasteiger partial charge in [-0.1, -0.05) is 19.1 Å². The summed E-state index contributed by atoms with van der Waals surface area (Å²) in [6, 6.07) is 8.86. The zero-order chi connectivity index (χ0) is 16.0. The molecule has 120 valence electrons. The van der Waals surface area contributed by atoms with Gasteiger partial charge in [0.15, 0.2) is 0 Å². The van der Waals surface area contributed by atoms with E-state index >= 15 is 0 Å². The highest BCUT2D eigenvalue weighted by molar-refractivity contribution is 5.27. The second-order valence-corrected chi connectivity index (χ2v) is 7.11. The van der Waals surface area contributed by atoms with Crippen LogP contribution in [0.3, 0.4) is 0 Å². The molecule has 0 aliphatic rings. The van der Waals surface area contributed by atoms with Crippen LogP contribution < -0.4 is 10.1 Å². The van der Waals surface area contributed by atoms with Crippen molar-refractivity contribution in [1.82, 2.24) is 10.2 Å². The lowest BCUT2D eigenvalue weighted by Gasteiger charge is -2.32. The summed E-state index contributed by atoms with van der Waals surface area (Å²) in [7, 11) is 3.90. The van der Waals surface area contributed by atoms with E-state index in [9.17, 15) is 0 Å². The van der Waals surface area contributed by atoms with E-state index in [2.05, 4.69) is 64.0 Å². The van der Waals surface area contributed by atoms with Gasteiger partial charge in [-0.3, -0.25) is 4.90 Å². The van der Waals surface area contributed by atoms with Crippen LogP contribution in [0.5, 0.6) is 5.75 Å². The van der Waals surface area contributed by atoms with Crippen molar-refractivity contribution in [2.24, 2.45) is 5.92 Å². The number of methoxy groups -OCH3 is 1. The molecular weight excluding hydrogens is 260 g/mol. The first-order valence-electron chi connectivity index (χ1n) is 7.81. The van der Waals surface area contributed by atoms with E-state index in [1.165, 1.54) is 5.56 Å². The van der Waals surface area contributed by atoms with Gasteiger partial charge in [-0.15, -0.1) is 0 Å². The molecule has 2 atom stereocenters. The molecule has 21 heavy (non-hydrogen) atoms. The average Bonchev–Trinajstić information content (AvgIpc) is 2.43. The highest BCUT2D eigenvalue weighted by Gasteiger charge is 2.19. The first-order valence-corrected chi connectivity index (χ1v) is 7.81. The largest absolute Gasteiger partial charge is 0.497 e. The number of nitrogens with zero attached hydrogens (tertiary/aromatic N) is 1. The van der Waals surface area contributed by atoms with E-state index in [0.29, 0.717) is 12.0 Å². The standard InChI is InChI=1S/C18H32N2O/c1-14(12-19-18(3,4)5)15(2)20(6)13-16-8-10-17(21-7)11-9-16/h8-11,14-15,19H,12-13H2,1-7H3. The second kappa shape index (κ2) is 7.81. The third kappa shape index (κ3) is 6.49. The van der Waals surface area contributed by atoms with Crippen molar-refractivity contribution in [2.45, 2.75) is 52.7 Å². The molecule has 0 aliphatic carbocycles. The van der Waals surface area contributed by atoms with Gasteiger partial charge < -0.3 is 10.1 Å². The van der Waals surface area contributed by atoms with E-state index < -0.39 is 0 Å². The van der Waals surface area contributed by atoms with Crippen LogP contribution >= 0.6 is 0 Å². The number of rotatable bonds is 7. The molecule has 0 spiro atoms. The summed E-state index contributed by atoms with van der Waals surface area (Å²) in [5.74, 6) is 1.52. The fraction of sp³-hybridized carbons (Fsp3) is 0.667. The minimum absolute atomic E-state index is 0.183. The van der Waals surface area contributed by atoms with Crippen LogP contribution in [0.25, 0.3) is 0 Å². The summed E-state index contributed by atoms with van der Waals surface area (Å²) in [6.45, 7) is 13.3. The Morgan fingerprint density at radius 3 is 2.19 bits per heavy atom.